The Bertz CT molecular complexity index is 1090. The molecule has 0 saturated heterocycles. The second-order valence-corrected chi connectivity index (χ2v) is 15.6. The van der Waals surface area contributed by atoms with Crippen LogP contribution in [0.15, 0.2) is 12.1 Å². The summed E-state index contributed by atoms with van der Waals surface area (Å²) >= 11 is 0. The van der Waals surface area contributed by atoms with Crippen LogP contribution in [0.25, 0.3) is 11.1 Å². The van der Waals surface area contributed by atoms with E-state index in [1.54, 1.807) is 35.5 Å². The van der Waals surface area contributed by atoms with Crippen LogP contribution in [0.2, 0.25) is 18.1 Å². The van der Waals surface area contributed by atoms with Crippen LogP contribution in [-0.2, 0) is 17.6 Å². The Morgan fingerprint density at radius 1 is 0.833 bits per heavy atom. The zero-order chi connectivity index (χ0) is 26.8. The number of benzene rings is 2. The van der Waals surface area contributed by atoms with Crippen LogP contribution in [0, 0.1) is 0 Å². The van der Waals surface area contributed by atoms with Crippen molar-refractivity contribution in [1.82, 2.24) is 0 Å². The zero-order valence-electron chi connectivity index (χ0n) is 24.0. The molecular weight excluding hydrogens is 472 g/mol. The van der Waals surface area contributed by atoms with Crippen molar-refractivity contribution < 1.29 is 28.1 Å². The molecule has 2 aromatic rings. The van der Waals surface area contributed by atoms with E-state index in [4.69, 9.17) is 28.1 Å². The minimum absolute atomic E-state index is 0.0458. The lowest BCUT2D eigenvalue weighted by atomic mass is 9.89. The number of fused-ring (bicyclic) bond motifs is 3. The van der Waals surface area contributed by atoms with E-state index in [1.165, 1.54) is 0 Å². The average Bonchev–Trinajstić information content (AvgIpc) is 2.99. The van der Waals surface area contributed by atoms with Crippen LogP contribution in [0.1, 0.15) is 63.3 Å². The van der Waals surface area contributed by atoms with Gasteiger partial charge in [0.1, 0.15) is 11.5 Å². The van der Waals surface area contributed by atoms with E-state index in [-0.39, 0.29) is 11.1 Å². The van der Waals surface area contributed by atoms with Crippen LogP contribution < -0.4 is 23.4 Å². The number of hydrogen-bond acceptors (Lipinski definition) is 6. The van der Waals surface area contributed by atoms with Crippen LogP contribution in [0.4, 0.5) is 0 Å². The fourth-order valence-corrected chi connectivity index (χ4v) is 5.85. The molecule has 0 aromatic heterocycles. The van der Waals surface area contributed by atoms with E-state index in [1.807, 2.05) is 0 Å². The molecule has 0 amide bonds. The van der Waals surface area contributed by atoms with Gasteiger partial charge in [-0.15, -0.1) is 0 Å². The van der Waals surface area contributed by atoms with Crippen molar-refractivity contribution in [2.75, 3.05) is 35.5 Å². The Morgan fingerprint density at radius 3 is 1.97 bits per heavy atom. The number of rotatable bonds is 9. The summed E-state index contributed by atoms with van der Waals surface area (Å²) in [6.07, 6.45) is 3.26. The molecular formula is C29H44O6Si. The summed E-state index contributed by atoms with van der Waals surface area (Å²) in [6, 6.07) is 4.24. The minimum Gasteiger partial charge on any atom is -0.543 e. The molecule has 0 fully saturated rings. The second kappa shape index (κ2) is 10.9. The van der Waals surface area contributed by atoms with E-state index in [0.29, 0.717) is 17.2 Å². The molecule has 0 spiro atoms. The summed E-state index contributed by atoms with van der Waals surface area (Å²) in [7, 11) is 6.31. The van der Waals surface area contributed by atoms with Crippen LogP contribution in [0.3, 0.4) is 0 Å². The van der Waals surface area contributed by atoms with Gasteiger partial charge in [-0.2, -0.15) is 0 Å². The number of methoxy groups -OCH3 is 5. The summed E-state index contributed by atoms with van der Waals surface area (Å²) in [5, 5.41) is 0.0458. The summed E-state index contributed by atoms with van der Waals surface area (Å²) in [6.45, 7) is 13.5. The summed E-state index contributed by atoms with van der Waals surface area (Å²) < 4.78 is 36.8. The maximum Gasteiger partial charge on any atom is 0.250 e. The molecule has 0 radical (unpaired) electrons. The smallest absolute Gasteiger partial charge is 0.250 e. The molecule has 0 aliphatic heterocycles. The van der Waals surface area contributed by atoms with Gasteiger partial charge in [-0.1, -0.05) is 34.1 Å². The highest BCUT2D eigenvalue weighted by Crippen LogP contribution is 2.56. The molecule has 6 nitrogen and oxygen atoms in total. The van der Waals surface area contributed by atoms with Gasteiger partial charge in [-0.05, 0) is 60.7 Å². The predicted molar refractivity (Wildman–Crippen MR) is 148 cm³/mol. The molecule has 0 N–H and O–H groups in total. The van der Waals surface area contributed by atoms with Crippen LogP contribution in [0.5, 0.6) is 28.7 Å². The molecule has 200 valence electrons. The molecule has 0 heterocycles. The maximum absolute atomic E-state index is 7.04. The molecule has 0 saturated carbocycles. The van der Waals surface area contributed by atoms with Crippen molar-refractivity contribution in [2.45, 2.75) is 77.6 Å². The van der Waals surface area contributed by atoms with Crippen molar-refractivity contribution in [3.8, 4) is 39.9 Å². The molecule has 1 aliphatic carbocycles. The largest absolute Gasteiger partial charge is 0.543 e. The number of ether oxygens (including phenoxy) is 5. The first kappa shape index (κ1) is 28.2. The minimum atomic E-state index is -2.16. The number of hydrogen-bond donors (Lipinski definition) is 0. The monoisotopic (exact) mass is 516 g/mol. The van der Waals surface area contributed by atoms with Gasteiger partial charge in [-0.25, -0.2) is 0 Å². The lowest BCUT2D eigenvalue weighted by Gasteiger charge is -2.38. The third-order valence-corrected chi connectivity index (χ3v) is 12.0. The van der Waals surface area contributed by atoms with Crippen LogP contribution >= 0.6 is 0 Å². The van der Waals surface area contributed by atoms with Crippen molar-refractivity contribution in [3.63, 3.8) is 0 Å². The fraction of sp³-hybridized carbons (Fsp3) is 0.586. The van der Waals surface area contributed by atoms with Gasteiger partial charge in [0.05, 0.1) is 34.5 Å². The zero-order valence-corrected chi connectivity index (χ0v) is 25.0. The van der Waals surface area contributed by atoms with Crippen LogP contribution in [-0.4, -0.2) is 43.9 Å². The lowest BCUT2D eigenvalue weighted by molar-refractivity contribution is 0.0953. The van der Waals surface area contributed by atoms with Crippen molar-refractivity contribution >= 4 is 8.32 Å². The molecule has 3 rings (SSSR count). The summed E-state index contributed by atoms with van der Waals surface area (Å²) in [4.78, 5) is 0. The molecule has 0 bridgehead atoms. The van der Waals surface area contributed by atoms with E-state index in [0.717, 1.165) is 65.0 Å². The van der Waals surface area contributed by atoms with E-state index in [9.17, 15) is 0 Å². The first-order chi connectivity index (χ1) is 17.0. The summed E-state index contributed by atoms with van der Waals surface area (Å²) in [5.74, 6) is 3.57. The molecule has 1 unspecified atom stereocenters. The van der Waals surface area contributed by atoms with Gasteiger partial charge in [0, 0.05) is 23.8 Å². The van der Waals surface area contributed by atoms with Gasteiger partial charge < -0.3 is 28.1 Å². The molecule has 2 aromatic carbocycles. The number of aryl methyl sites for hydroxylation is 2. The molecule has 7 heteroatoms. The first-order valence-corrected chi connectivity index (χ1v) is 15.7. The Kier molecular flexibility index (Phi) is 8.56. The van der Waals surface area contributed by atoms with Gasteiger partial charge in [-0.3, -0.25) is 0 Å². The normalized spacial score (nSPS) is 15.5. The lowest BCUT2D eigenvalue weighted by Crippen LogP contribution is -2.44. The molecule has 1 aliphatic rings. The standard InChI is InChI=1S/C29H44O6Si/c1-12-13-19-17-21(35-36(10,11)29(2,3)4)24-20(30-5)15-14-18-16-22(31-6)27(33-8)28(34-9)23(18)25(24)26(19)32-7/h16-17,20H,12-15H2,1-11H3. The van der Waals surface area contributed by atoms with E-state index < -0.39 is 8.32 Å². The maximum atomic E-state index is 7.04. The molecule has 1 atom stereocenters. The Hall–Kier alpha value is -2.38. The van der Waals surface area contributed by atoms with Crippen molar-refractivity contribution in [3.05, 3.63) is 28.8 Å². The fourth-order valence-electron chi connectivity index (χ4n) is 4.82. The first-order valence-electron chi connectivity index (χ1n) is 12.8. The van der Waals surface area contributed by atoms with Gasteiger partial charge in [0.15, 0.2) is 11.5 Å². The third kappa shape index (κ3) is 4.92. The highest BCUT2D eigenvalue weighted by atomic mass is 28.4. The summed E-state index contributed by atoms with van der Waals surface area (Å²) in [5.41, 5.74) is 5.17. The Balaban J connectivity index is 2.52. The quantitative estimate of drug-likeness (QED) is 0.325. The van der Waals surface area contributed by atoms with E-state index in [2.05, 4.69) is 52.9 Å². The third-order valence-electron chi connectivity index (χ3n) is 7.70. The topological polar surface area (TPSA) is 55.4 Å². The van der Waals surface area contributed by atoms with Gasteiger partial charge in [0.2, 0.25) is 14.1 Å². The van der Waals surface area contributed by atoms with Gasteiger partial charge >= 0.3 is 0 Å². The van der Waals surface area contributed by atoms with Crippen molar-refractivity contribution in [2.24, 2.45) is 0 Å². The van der Waals surface area contributed by atoms with Crippen molar-refractivity contribution in [1.29, 1.82) is 0 Å². The molecule has 36 heavy (non-hydrogen) atoms. The average molecular weight is 517 g/mol. The Labute approximate surface area is 218 Å². The predicted octanol–water partition coefficient (Wildman–Crippen LogP) is 7.36. The second-order valence-electron chi connectivity index (χ2n) is 10.9. The highest BCUT2D eigenvalue weighted by Gasteiger charge is 2.41. The van der Waals surface area contributed by atoms with E-state index >= 15 is 0 Å². The SMILES string of the molecule is CCCc1cc(O[Si](C)(C)C(C)(C)C)c2c(c1OC)-c1c(cc(OC)c(OC)c1OC)CCC2OC. The van der Waals surface area contributed by atoms with Gasteiger partial charge in [0.25, 0.3) is 0 Å². The Morgan fingerprint density at radius 2 is 1.47 bits per heavy atom. The highest BCUT2D eigenvalue weighted by molar-refractivity contribution is 6.74.